The number of benzene rings is 2. The van der Waals surface area contributed by atoms with Gasteiger partial charge in [0, 0.05) is 16.1 Å². The van der Waals surface area contributed by atoms with Crippen molar-refractivity contribution in [2.75, 3.05) is 0 Å². The molecule has 0 unspecified atom stereocenters. The van der Waals surface area contributed by atoms with Crippen molar-refractivity contribution in [3.05, 3.63) is 53.0 Å². The van der Waals surface area contributed by atoms with Gasteiger partial charge in [0.1, 0.15) is 12.4 Å². The van der Waals surface area contributed by atoms with E-state index in [1.165, 1.54) is 12.8 Å². The van der Waals surface area contributed by atoms with E-state index in [2.05, 4.69) is 21.2 Å². The van der Waals surface area contributed by atoms with E-state index in [0.29, 0.717) is 12.6 Å². The summed E-state index contributed by atoms with van der Waals surface area (Å²) in [7, 11) is 0. The summed E-state index contributed by atoms with van der Waals surface area (Å²) in [6.07, 6.45) is 4.61. The van der Waals surface area contributed by atoms with Gasteiger partial charge in [-0.05, 0) is 37.1 Å². The molecule has 1 amide bonds. The molecule has 0 atom stereocenters. The molecule has 1 aromatic heterocycles. The summed E-state index contributed by atoms with van der Waals surface area (Å²) >= 11 is 3.47. The molecule has 25 heavy (non-hydrogen) atoms. The van der Waals surface area contributed by atoms with Gasteiger partial charge in [0.25, 0.3) is 0 Å². The summed E-state index contributed by atoms with van der Waals surface area (Å²) in [4.78, 5) is 17.3. The van der Waals surface area contributed by atoms with Crippen LogP contribution in [0, 0.1) is 0 Å². The third kappa shape index (κ3) is 3.47. The Kier molecular flexibility index (Phi) is 4.57. The number of hydrogen-bond donors (Lipinski definition) is 1. The van der Waals surface area contributed by atoms with Gasteiger partial charge in [0.05, 0.1) is 11.0 Å². The Hall–Kier alpha value is -2.14. The summed E-state index contributed by atoms with van der Waals surface area (Å²) in [5, 5.41) is 3.17. The first-order valence-corrected chi connectivity index (χ1v) is 9.50. The van der Waals surface area contributed by atoms with Crippen molar-refractivity contribution < 1.29 is 4.79 Å². The van der Waals surface area contributed by atoms with E-state index in [9.17, 15) is 4.79 Å². The number of nitrogens with one attached hydrogen (secondary N) is 1. The minimum absolute atomic E-state index is 0.0633. The predicted octanol–water partition coefficient (Wildman–Crippen LogP) is 4.52. The van der Waals surface area contributed by atoms with Gasteiger partial charge in [0.2, 0.25) is 5.91 Å². The molecule has 128 valence electrons. The van der Waals surface area contributed by atoms with Crippen LogP contribution in [0.1, 0.15) is 25.7 Å². The standard InChI is InChI=1S/C20H20BrN3O/c21-15-11-9-14(10-12-15)20-23-17-7-3-4-8-18(17)24(20)13-19(25)22-16-5-1-2-6-16/h3-4,7-12,16H,1-2,5-6,13H2,(H,22,25). The lowest BCUT2D eigenvalue weighted by Crippen LogP contribution is -2.35. The highest BCUT2D eigenvalue weighted by Crippen LogP contribution is 2.26. The van der Waals surface area contributed by atoms with E-state index in [0.717, 1.165) is 39.7 Å². The maximum atomic E-state index is 12.6. The van der Waals surface area contributed by atoms with Gasteiger partial charge < -0.3 is 9.88 Å². The SMILES string of the molecule is O=C(Cn1c(-c2ccc(Br)cc2)nc2ccccc21)NC1CCCC1. The van der Waals surface area contributed by atoms with Gasteiger partial charge in [-0.2, -0.15) is 0 Å². The molecule has 4 rings (SSSR count). The number of imidazole rings is 1. The van der Waals surface area contributed by atoms with Crippen molar-refractivity contribution in [3.8, 4) is 11.4 Å². The van der Waals surface area contributed by atoms with Gasteiger partial charge in [-0.15, -0.1) is 0 Å². The summed E-state index contributed by atoms with van der Waals surface area (Å²) in [6.45, 7) is 0.294. The van der Waals surface area contributed by atoms with Gasteiger partial charge in [-0.25, -0.2) is 4.98 Å². The highest BCUT2D eigenvalue weighted by atomic mass is 79.9. The second-order valence-electron chi connectivity index (χ2n) is 6.57. The molecule has 0 spiro atoms. The zero-order chi connectivity index (χ0) is 17.2. The van der Waals surface area contributed by atoms with E-state index in [1.807, 2.05) is 53.1 Å². The zero-order valence-electron chi connectivity index (χ0n) is 13.9. The Balaban J connectivity index is 1.69. The molecular formula is C20H20BrN3O. The maximum absolute atomic E-state index is 12.6. The molecule has 1 aliphatic rings. The Morgan fingerprint density at radius 3 is 2.60 bits per heavy atom. The molecule has 1 saturated carbocycles. The first-order valence-electron chi connectivity index (χ1n) is 8.71. The maximum Gasteiger partial charge on any atom is 0.240 e. The van der Waals surface area contributed by atoms with Crippen LogP contribution in [-0.4, -0.2) is 21.5 Å². The molecular weight excluding hydrogens is 378 g/mol. The van der Waals surface area contributed by atoms with Gasteiger partial charge in [-0.3, -0.25) is 4.79 Å². The molecule has 1 fully saturated rings. The van der Waals surface area contributed by atoms with Gasteiger partial charge in [0.15, 0.2) is 0 Å². The highest BCUT2D eigenvalue weighted by molar-refractivity contribution is 9.10. The topological polar surface area (TPSA) is 46.9 Å². The van der Waals surface area contributed by atoms with Crippen LogP contribution in [0.5, 0.6) is 0 Å². The minimum atomic E-state index is 0.0633. The molecule has 1 aliphatic carbocycles. The lowest BCUT2D eigenvalue weighted by atomic mass is 10.2. The number of hydrogen-bond acceptors (Lipinski definition) is 2. The monoisotopic (exact) mass is 397 g/mol. The molecule has 0 bridgehead atoms. The van der Waals surface area contributed by atoms with Crippen molar-refractivity contribution >= 4 is 32.9 Å². The van der Waals surface area contributed by atoms with Gasteiger partial charge in [-0.1, -0.05) is 53.0 Å². The van der Waals surface area contributed by atoms with E-state index >= 15 is 0 Å². The Labute approximate surface area is 155 Å². The summed E-state index contributed by atoms with van der Waals surface area (Å²) in [6, 6.07) is 16.3. The summed E-state index contributed by atoms with van der Waals surface area (Å²) < 4.78 is 3.04. The number of fused-ring (bicyclic) bond motifs is 1. The highest BCUT2D eigenvalue weighted by Gasteiger charge is 2.19. The molecule has 5 heteroatoms. The molecule has 0 saturated heterocycles. The third-order valence-corrected chi connectivity index (χ3v) is 5.31. The second-order valence-corrected chi connectivity index (χ2v) is 7.48. The smallest absolute Gasteiger partial charge is 0.240 e. The molecule has 3 aromatic rings. The van der Waals surface area contributed by atoms with Crippen molar-refractivity contribution in [3.63, 3.8) is 0 Å². The number of aromatic nitrogens is 2. The molecule has 0 aliphatic heterocycles. The van der Waals surface area contributed by atoms with Crippen LogP contribution in [0.2, 0.25) is 0 Å². The van der Waals surface area contributed by atoms with E-state index in [4.69, 9.17) is 4.98 Å². The number of nitrogens with zero attached hydrogens (tertiary/aromatic N) is 2. The first kappa shape index (κ1) is 16.3. The van der Waals surface area contributed by atoms with Gasteiger partial charge >= 0.3 is 0 Å². The Morgan fingerprint density at radius 1 is 1.12 bits per heavy atom. The molecule has 0 radical (unpaired) electrons. The van der Waals surface area contributed by atoms with Crippen molar-refractivity contribution in [1.29, 1.82) is 0 Å². The fourth-order valence-electron chi connectivity index (χ4n) is 3.54. The van der Waals surface area contributed by atoms with Crippen molar-refractivity contribution in [2.24, 2.45) is 0 Å². The summed E-state index contributed by atoms with van der Waals surface area (Å²) in [5.74, 6) is 0.892. The lowest BCUT2D eigenvalue weighted by molar-refractivity contribution is -0.122. The van der Waals surface area contributed by atoms with Crippen LogP contribution >= 0.6 is 15.9 Å². The van der Waals surface area contributed by atoms with E-state index in [-0.39, 0.29) is 5.91 Å². The predicted molar refractivity (Wildman–Crippen MR) is 103 cm³/mol. The summed E-state index contributed by atoms with van der Waals surface area (Å²) in [5.41, 5.74) is 2.91. The van der Waals surface area contributed by atoms with Crippen LogP contribution in [0.3, 0.4) is 0 Å². The van der Waals surface area contributed by atoms with Crippen LogP contribution in [-0.2, 0) is 11.3 Å². The quantitative estimate of drug-likeness (QED) is 0.702. The van der Waals surface area contributed by atoms with Crippen LogP contribution in [0.4, 0.5) is 0 Å². The lowest BCUT2D eigenvalue weighted by Gasteiger charge is -2.14. The zero-order valence-corrected chi connectivity index (χ0v) is 15.5. The number of rotatable bonds is 4. The van der Waals surface area contributed by atoms with E-state index in [1.54, 1.807) is 0 Å². The molecule has 4 nitrogen and oxygen atoms in total. The second kappa shape index (κ2) is 7.00. The molecule has 1 N–H and O–H groups in total. The Morgan fingerprint density at radius 2 is 1.84 bits per heavy atom. The van der Waals surface area contributed by atoms with Crippen LogP contribution in [0.15, 0.2) is 53.0 Å². The number of halogens is 1. The fraction of sp³-hybridized carbons (Fsp3) is 0.300. The number of para-hydroxylation sites is 2. The third-order valence-electron chi connectivity index (χ3n) is 4.78. The van der Waals surface area contributed by atoms with Crippen LogP contribution in [0.25, 0.3) is 22.4 Å². The molecule has 1 heterocycles. The normalized spacial score (nSPS) is 14.9. The fourth-order valence-corrected chi connectivity index (χ4v) is 3.81. The van der Waals surface area contributed by atoms with Crippen LogP contribution < -0.4 is 5.32 Å². The number of amides is 1. The largest absolute Gasteiger partial charge is 0.352 e. The first-order chi connectivity index (χ1) is 12.2. The number of carbonyl (C=O) groups excluding carboxylic acids is 1. The average Bonchev–Trinajstić information content (AvgIpc) is 3.24. The average molecular weight is 398 g/mol. The molecule has 2 aromatic carbocycles. The van der Waals surface area contributed by atoms with E-state index < -0.39 is 0 Å². The van der Waals surface area contributed by atoms with Crippen molar-refractivity contribution in [1.82, 2.24) is 14.9 Å². The Bertz CT molecular complexity index is 895. The van der Waals surface area contributed by atoms with Crippen molar-refractivity contribution in [2.45, 2.75) is 38.3 Å². The minimum Gasteiger partial charge on any atom is -0.352 e. The number of carbonyl (C=O) groups is 1.